The average Bonchev–Trinajstić information content (AvgIpc) is 2.83. The standard InChI is InChI=1S/C9H16BrNO/c1-7(4-5-10)6-11-9(12)8-2-3-8/h7-8H,2-6H2,1H3,(H,11,12). The fraction of sp³-hybridized carbons (Fsp3) is 0.889. The number of carbonyl (C=O) groups is 1. The summed E-state index contributed by atoms with van der Waals surface area (Å²) in [4.78, 5) is 11.2. The number of amides is 1. The summed E-state index contributed by atoms with van der Waals surface area (Å²) < 4.78 is 0. The molecule has 0 aliphatic heterocycles. The van der Waals surface area contributed by atoms with Crippen LogP contribution in [-0.2, 0) is 4.79 Å². The lowest BCUT2D eigenvalue weighted by Crippen LogP contribution is -2.29. The van der Waals surface area contributed by atoms with Crippen molar-refractivity contribution in [2.24, 2.45) is 11.8 Å². The highest BCUT2D eigenvalue weighted by atomic mass is 79.9. The predicted octanol–water partition coefficient (Wildman–Crippen LogP) is 1.93. The van der Waals surface area contributed by atoms with Crippen LogP contribution >= 0.6 is 15.9 Å². The molecular formula is C9H16BrNO. The van der Waals surface area contributed by atoms with Crippen LogP contribution in [0.15, 0.2) is 0 Å². The van der Waals surface area contributed by atoms with Crippen molar-refractivity contribution < 1.29 is 4.79 Å². The molecule has 1 amide bonds. The van der Waals surface area contributed by atoms with Crippen molar-refractivity contribution in [1.29, 1.82) is 0 Å². The van der Waals surface area contributed by atoms with Gasteiger partial charge in [-0.15, -0.1) is 0 Å². The van der Waals surface area contributed by atoms with Gasteiger partial charge in [-0.3, -0.25) is 4.79 Å². The second kappa shape index (κ2) is 4.85. The Balaban J connectivity index is 2.03. The molecule has 1 N–H and O–H groups in total. The monoisotopic (exact) mass is 233 g/mol. The molecule has 1 unspecified atom stereocenters. The van der Waals surface area contributed by atoms with E-state index in [1.807, 2.05) is 0 Å². The molecular weight excluding hydrogens is 218 g/mol. The van der Waals surface area contributed by atoms with Gasteiger partial charge in [-0.25, -0.2) is 0 Å². The van der Waals surface area contributed by atoms with E-state index < -0.39 is 0 Å². The highest BCUT2D eigenvalue weighted by Crippen LogP contribution is 2.28. The third-order valence-corrected chi connectivity index (χ3v) is 2.63. The van der Waals surface area contributed by atoms with E-state index >= 15 is 0 Å². The summed E-state index contributed by atoms with van der Waals surface area (Å²) in [5.74, 6) is 1.20. The highest BCUT2D eigenvalue weighted by molar-refractivity contribution is 9.09. The SMILES string of the molecule is CC(CCBr)CNC(=O)C1CC1. The molecule has 70 valence electrons. The van der Waals surface area contributed by atoms with Crippen molar-refractivity contribution in [3.63, 3.8) is 0 Å². The van der Waals surface area contributed by atoms with Gasteiger partial charge in [0.05, 0.1) is 0 Å². The summed E-state index contributed by atoms with van der Waals surface area (Å²) >= 11 is 3.39. The normalized spacial score (nSPS) is 18.8. The van der Waals surface area contributed by atoms with E-state index in [2.05, 4.69) is 28.2 Å². The van der Waals surface area contributed by atoms with Crippen molar-refractivity contribution in [2.75, 3.05) is 11.9 Å². The Labute approximate surface area is 82.2 Å². The number of rotatable bonds is 5. The second-order valence-electron chi connectivity index (χ2n) is 3.60. The van der Waals surface area contributed by atoms with Gasteiger partial charge in [0.2, 0.25) is 5.91 Å². The third-order valence-electron chi connectivity index (χ3n) is 2.17. The fourth-order valence-corrected chi connectivity index (χ4v) is 1.83. The van der Waals surface area contributed by atoms with Crippen LogP contribution in [0.2, 0.25) is 0 Å². The molecule has 1 atom stereocenters. The first-order chi connectivity index (χ1) is 5.74. The molecule has 0 radical (unpaired) electrons. The molecule has 1 aliphatic carbocycles. The minimum atomic E-state index is 0.261. The van der Waals surface area contributed by atoms with Crippen LogP contribution in [0.5, 0.6) is 0 Å². The Hall–Kier alpha value is -0.0500. The molecule has 1 saturated carbocycles. The van der Waals surface area contributed by atoms with Crippen LogP contribution in [0.3, 0.4) is 0 Å². The first-order valence-electron chi connectivity index (χ1n) is 4.57. The van der Waals surface area contributed by atoms with Gasteiger partial charge < -0.3 is 5.32 Å². The largest absolute Gasteiger partial charge is 0.356 e. The summed E-state index contributed by atoms with van der Waals surface area (Å²) in [6.07, 6.45) is 3.32. The van der Waals surface area contributed by atoms with Gasteiger partial charge >= 0.3 is 0 Å². The topological polar surface area (TPSA) is 29.1 Å². The van der Waals surface area contributed by atoms with Gasteiger partial charge in [-0.2, -0.15) is 0 Å². The van der Waals surface area contributed by atoms with Crippen LogP contribution < -0.4 is 5.32 Å². The maximum Gasteiger partial charge on any atom is 0.223 e. The Kier molecular flexibility index (Phi) is 4.06. The number of alkyl halides is 1. The maximum absolute atomic E-state index is 11.2. The first-order valence-corrected chi connectivity index (χ1v) is 5.70. The van der Waals surface area contributed by atoms with Crippen molar-refractivity contribution in [1.82, 2.24) is 5.32 Å². The molecule has 12 heavy (non-hydrogen) atoms. The molecule has 0 aromatic rings. The molecule has 1 rings (SSSR count). The Morgan fingerprint density at radius 3 is 2.83 bits per heavy atom. The van der Waals surface area contributed by atoms with E-state index in [-0.39, 0.29) is 5.91 Å². The molecule has 2 nitrogen and oxygen atoms in total. The maximum atomic E-state index is 11.2. The van der Waals surface area contributed by atoms with E-state index in [1.54, 1.807) is 0 Å². The summed E-state index contributed by atoms with van der Waals surface area (Å²) in [5, 5.41) is 3.99. The van der Waals surface area contributed by atoms with Crippen LogP contribution in [0.25, 0.3) is 0 Å². The highest BCUT2D eigenvalue weighted by Gasteiger charge is 2.29. The van der Waals surface area contributed by atoms with Crippen molar-refractivity contribution in [2.45, 2.75) is 26.2 Å². The van der Waals surface area contributed by atoms with Gasteiger partial charge in [0.25, 0.3) is 0 Å². The zero-order chi connectivity index (χ0) is 8.97. The van der Waals surface area contributed by atoms with Gasteiger partial charge in [0.15, 0.2) is 0 Å². The van der Waals surface area contributed by atoms with E-state index in [4.69, 9.17) is 0 Å². The smallest absolute Gasteiger partial charge is 0.223 e. The lowest BCUT2D eigenvalue weighted by atomic mass is 10.1. The van der Waals surface area contributed by atoms with Gasteiger partial charge in [-0.1, -0.05) is 22.9 Å². The van der Waals surface area contributed by atoms with Crippen molar-refractivity contribution in [3.05, 3.63) is 0 Å². The molecule has 0 spiro atoms. The summed E-state index contributed by atoms with van der Waals surface area (Å²) in [7, 11) is 0. The molecule has 1 fully saturated rings. The van der Waals surface area contributed by atoms with Crippen LogP contribution in [0.4, 0.5) is 0 Å². The van der Waals surface area contributed by atoms with E-state index in [0.29, 0.717) is 11.8 Å². The Morgan fingerprint density at radius 2 is 2.33 bits per heavy atom. The molecule has 0 bridgehead atoms. The summed E-state index contributed by atoms with van der Waals surface area (Å²) in [6.45, 7) is 3.00. The number of hydrogen-bond donors (Lipinski definition) is 1. The van der Waals surface area contributed by atoms with Gasteiger partial charge in [0.1, 0.15) is 0 Å². The quantitative estimate of drug-likeness (QED) is 0.723. The lowest BCUT2D eigenvalue weighted by Gasteiger charge is -2.10. The molecule has 1 aliphatic rings. The summed E-state index contributed by atoms with van der Waals surface area (Å²) in [6, 6.07) is 0. The zero-order valence-electron chi connectivity index (χ0n) is 7.48. The van der Waals surface area contributed by atoms with E-state index in [9.17, 15) is 4.79 Å². The van der Waals surface area contributed by atoms with Gasteiger partial charge in [-0.05, 0) is 25.2 Å². The number of hydrogen-bond acceptors (Lipinski definition) is 1. The average molecular weight is 234 g/mol. The number of nitrogens with one attached hydrogen (secondary N) is 1. The van der Waals surface area contributed by atoms with E-state index in [1.165, 1.54) is 0 Å². The number of carbonyl (C=O) groups excluding carboxylic acids is 1. The van der Waals surface area contributed by atoms with Crippen molar-refractivity contribution >= 4 is 21.8 Å². The molecule has 3 heteroatoms. The number of halogens is 1. The minimum absolute atomic E-state index is 0.261. The van der Waals surface area contributed by atoms with Crippen LogP contribution in [0, 0.1) is 11.8 Å². The second-order valence-corrected chi connectivity index (χ2v) is 4.40. The van der Waals surface area contributed by atoms with Crippen LogP contribution in [0.1, 0.15) is 26.2 Å². The van der Waals surface area contributed by atoms with Crippen molar-refractivity contribution in [3.8, 4) is 0 Å². The first kappa shape index (κ1) is 10.0. The molecule has 0 aromatic heterocycles. The fourth-order valence-electron chi connectivity index (χ4n) is 1.05. The van der Waals surface area contributed by atoms with Crippen LogP contribution in [-0.4, -0.2) is 17.8 Å². The molecule has 0 aromatic carbocycles. The third kappa shape index (κ3) is 3.57. The molecule has 0 heterocycles. The lowest BCUT2D eigenvalue weighted by molar-refractivity contribution is -0.122. The summed E-state index contributed by atoms with van der Waals surface area (Å²) in [5.41, 5.74) is 0. The van der Waals surface area contributed by atoms with E-state index in [0.717, 1.165) is 31.1 Å². The molecule has 0 saturated heterocycles. The predicted molar refractivity (Wildman–Crippen MR) is 53.3 cm³/mol. The zero-order valence-corrected chi connectivity index (χ0v) is 9.06. The Bertz CT molecular complexity index is 157. The van der Waals surface area contributed by atoms with Gasteiger partial charge in [0, 0.05) is 17.8 Å². The Morgan fingerprint density at radius 1 is 1.67 bits per heavy atom. The minimum Gasteiger partial charge on any atom is -0.356 e.